The fourth-order valence-electron chi connectivity index (χ4n) is 2.07. The maximum atomic E-state index is 11.1. The zero-order valence-corrected chi connectivity index (χ0v) is 14.0. The van der Waals surface area contributed by atoms with E-state index in [0.717, 1.165) is 21.3 Å². The van der Waals surface area contributed by atoms with Gasteiger partial charge in [-0.1, -0.05) is 28.1 Å². The Bertz CT molecular complexity index is 659. The number of para-hydroxylation sites is 1. The zero-order valence-electron chi connectivity index (χ0n) is 12.4. The average Bonchev–Trinajstić information content (AvgIpc) is 2.49. The van der Waals surface area contributed by atoms with Gasteiger partial charge in [0.2, 0.25) is 0 Å². The van der Waals surface area contributed by atoms with Gasteiger partial charge >= 0.3 is 5.97 Å². The molecule has 0 spiro atoms. The summed E-state index contributed by atoms with van der Waals surface area (Å²) in [4.78, 5) is 11.1. The number of carboxylic acids is 1. The van der Waals surface area contributed by atoms with Crippen molar-refractivity contribution in [2.24, 2.45) is 0 Å². The Hall–Kier alpha value is -2.01. The monoisotopic (exact) mass is 364 g/mol. The smallest absolute Gasteiger partial charge is 0.339 e. The Labute approximate surface area is 137 Å². The van der Waals surface area contributed by atoms with E-state index in [1.165, 1.54) is 6.07 Å². The van der Waals surface area contributed by atoms with E-state index in [9.17, 15) is 4.79 Å². The lowest BCUT2D eigenvalue weighted by atomic mass is 10.1. The fraction of sp³-hybridized carbons (Fsp3) is 0.235. The maximum Gasteiger partial charge on any atom is 0.339 e. The van der Waals surface area contributed by atoms with Crippen molar-refractivity contribution in [3.8, 4) is 11.5 Å². The molecule has 0 saturated carbocycles. The van der Waals surface area contributed by atoms with E-state index in [2.05, 4.69) is 15.9 Å². The topological polar surface area (TPSA) is 55.8 Å². The summed E-state index contributed by atoms with van der Waals surface area (Å²) in [5.41, 5.74) is 2.36. The molecule has 0 unspecified atom stereocenters. The van der Waals surface area contributed by atoms with Gasteiger partial charge in [-0.3, -0.25) is 0 Å². The summed E-state index contributed by atoms with van der Waals surface area (Å²) in [6.07, 6.45) is 0. The van der Waals surface area contributed by atoms with Gasteiger partial charge in [-0.15, -0.1) is 0 Å². The van der Waals surface area contributed by atoms with Crippen molar-refractivity contribution >= 4 is 21.9 Å². The van der Waals surface area contributed by atoms with E-state index >= 15 is 0 Å². The van der Waals surface area contributed by atoms with E-state index in [1.807, 2.05) is 26.0 Å². The largest absolute Gasteiger partial charge is 0.490 e. The quantitative estimate of drug-likeness (QED) is 0.779. The normalized spacial score (nSPS) is 10.3. The summed E-state index contributed by atoms with van der Waals surface area (Å²) in [6, 6.07) is 10.5. The molecular weight excluding hydrogens is 348 g/mol. The molecule has 2 aromatic carbocycles. The molecule has 0 fully saturated rings. The van der Waals surface area contributed by atoms with Crippen LogP contribution >= 0.6 is 15.9 Å². The van der Waals surface area contributed by atoms with Crippen LogP contribution in [0.5, 0.6) is 11.5 Å². The number of aryl methyl sites for hydroxylation is 2. The van der Waals surface area contributed by atoms with Crippen molar-refractivity contribution < 1.29 is 19.4 Å². The van der Waals surface area contributed by atoms with Gasteiger partial charge in [-0.25, -0.2) is 4.79 Å². The first-order valence-corrected chi connectivity index (χ1v) is 7.63. The molecule has 2 aromatic rings. The summed E-state index contributed by atoms with van der Waals surface area (Å²) in [7, 11) is 0. The second-order valence-corrected chi connectivity index (χ2v) is 5.66. The Morgan fingerprint density at radius 3 is 2.32 bits per heavy atom. The molecule has 1 N–H and O–H groups in total. The molecule has 0 bridgehead atoms. The summed E-state index contributed by atoms with van der Waals surface area (Å²) >= 11 is 3.51. The summed E-state index contributed by atoms with van der Waals surface area (Å²) in [5, 5.41) is 9.07. The van der Waals surface area contributed by atoms with Gasteiger partial charge in [0.25, 0.3) is 0 Å². The molecule has 0 radical (unpaired) electrons. The number of aromatic carboxylic acids is 1. The van der Waals surface area contributed by atoms with E-state index < -0.39 is 5.97 Å². The molecule has 0 aliphatic rings. The van der Waals surface area contributed by atoms with Crippen molar-refractivity contribution in [2.45, 2.75) is 13.8 Å². The van der Waals surface area contributed by atoms with Crippen LogP contribution in [0.3, 0.4) is 0 Å². The van der Waals surface area contributed by atoms with Crippen LogP contribution in [0, 0.1) is 13.8 Å². The SMILES string of the molecule is Cc1cc(OCCOc2ccccc2C(=O)O)cc(C)c1Br. The minimum Gasteiger partial charge on any atom is -0.490 e. The van der Waals surface area contributed by atoms with Crippen LogP contribution in [0.15, 0.2) is 40.9 Å². The third kappa shape index (κ3) is 4.01. The number of hydrogen-bond donors (Lipinski definition) is 1. The highest BCUT2D eigenvalue weighted by atomic mass is 79.9. The molecule has 0 saturated heterocycles. The van der Waals surface area contributed by atoms with Gasteiger partial charge in [0, 0.05) is 4.47 Å². The number of carbonyl (C=O) groups is 1. The van der Waals surface area contributed by atoms with Gasteiger partial charge < -0.3 is 14.6 Å². The van der Waals surface area contributed by atoms with Crippen molar-refractivity contribution in [2.75, 3.05) is 13.2 Å². The molecule has 5 heteroatoms. The predicted molar refractivity (Wildman–Crippen MR) is 88.0 cm³/mol. The number of halogens is 1. The third-order valence-corrected chi connectivity index (χ3v) is 4.39. The molecule has 22 heavy (non-hydrogen) atoms. The molecule has 0 atom stereocenters. The standard InChI is InChI=1S/C17H17BrO4/c1-11-9-13(10-12(2)16(11)18)21-7-8-22-15-6-4-3-5-14(15)17(19)20/h3-6,9-10H,7-8H2,1-2H3,(H,19,20). The van der Waals surface area contributed by atoms with Crippen LogP contribution in [0.25, 0.3) is 0 Å². The summed E-state index contributed by atoms with van der Waals surface area (Å²) in [5.74, 6) is 0.116. The first-order chi connectivity index (χ1) is 10.5. The number of rotatable bonds is 6. The Morgan fingerprint density at radius 2 is 1.68 bits per heavy atom. The van der Waals surface area contributed by atoms with Crippen molar-refractivity contribution in [1.29, 1.82) is 0 Å². The molecule has 0 heterocycles. The minimum atomic E-state index is -1.00. The Balaban J connectivity index is 1.92. The Morgan fingerprint density at radius 1 is 1.09 bits per heavy atom. The first-order valence-electron chi connectivity index (χ1n) is 6.83. The molecule has 116 valence electrons. The summed E-state index contributed by atoms with van der Waals surface area (Å²) < 4.78 is 12.2. The lowest BCUT2D eigenvalue weighted by Gasteiger charge is -2.12. The van der Waals surface area contributed by atoms with Gasteiger partial charge in [0.15, 0.2) is 0 Å². The fourth-order valence-corrected chi connectivity index (χ4v) is 2.30. The van der Waals surface area contributed by atoms with Crippen LogP contribution in [0.2, 0.25) is 0 Å². The van der Waals surface area contributed by atoms with Crippen LogP contribution in [-0.2, 0) is 0 Å². The highest BCUT2D eigenvalue weighted by Gasteiger charge is 2.10. The van der Waals surface area contributed by atoms with Crippen molar-refractivity contribution in [3.63, 3.8) is 0 Å². The highest BCUT2D eigenvalue weighted by molar-refractivity contribution is 9.10. The van der Waals surface area contributed by atoms with Gasteiger partial charge in [-0.05, 0) is 49.2 Å². The van der Waals surface area contributed by atoms with E-state index in [0.29, 0.717) is 12.4 Å². The predicted octanol–water partition coefficient (Wildman–Crippen LogP) is 4.22. The average molecular weight is 365 g/mol. The van der Waals surface area contributed by atoms with Crippen LogP contribution in [-0.4, -0.2) is 24.3 Å². The molecule has 4 nitrogen and oxygen atoms in total. The maximum absolute atomic E-state index is 11.1. The molecule has 0 aliphatic carbocycles. The molecule has 2 rings (SSSR count). The van der Waals surface area contributed by atoms with Gasteiger partial charge in [0.05, 0.1) is 0 Å². The number of hydrogen-bond acceptors (Lipinski definition) is 3. The second-order valence-electron chi connectivity index (χ2n) is 4.87. The number of benzene rings is 2. The summed E-state index contributed by atoms with van der Waals surface area (Å²) in [6.45, 7) is 4.63. The zero-order chi connectivity index (χ0) is 16.1. The Kier molecular flexibility index (Phi) is 5.44. The van der Waals surface area contributed by atoms with Crippen LogP contribution in [0.4, 0.5) is 0 Å². The molecule has 0 amide bonds. The third-order valence-electron chi connectivity index (χ3n) is 3.14. The van der Waals surface area contributed by atoms with Gasteiger partial charge in [0.1, 0.15) is 30.3 Å². The lowest BCUT2D eigenvalue weighted by molar-refractivity contribution is 0.0691. The van der Waals surface area contributed by atoms with Gasteiger partial charge in [-0.2, -0.15) is 0 Å². The van der Waals surface area contributed by atoms with Crippen LogP contribution < -0.4 is 9.47 Å². The number of carboxylic acid groups (broad SMARTS) is 1. The number of ether oxygens (including phenoxy) is 2. The molecule has 0 aliphatic heterocycles. The minimum absolute atomic E-state index is 0.151. The lowest BCUT2D eigenvalue weighted by Crippen LogP contribution is -2.11. The van der Waals surface area contributed by atoms with E-state index in [-0.39, 0.29) is 12.2 Å². The molecule has 0 aromatic heterocycles. The first kappa shape index (κ1) is 16.4. The van der Waals surface area contributed by atoms with Crippen molar-refractivity contribution in [3.05, 3.63) is 57.6 Å². The van der Waals surface area contributed by atoms with E-state index in [1.54, 1.807) is 18.2 Å². The van der Waals surface area contributed by atoms with Crippen LogP contribution in [0.1, 0.15) is 21.5 Å². The van der Waals surface area contributed by atoms with E-state index in [4.69, 9.17) is 14.6 Å². The second kappa shape index (κ2) is 7.31. The van der Waals surface area contributed by atoms with Crippen molar-refractivity contribution in [1.82, 2.24) is 0 Å². The highest BCUT2D eigenvalue weighted by Crippen LogP contribution is 2.26. The molecular formula is C17H17BrO4.